The summed E-state index contributed by atoms with van der Waals surface area (Å²) in [6.07, 6.45) is 1.15. The monoisotopic (exact) mass is 235 g/mol. The molecule has 0 aliphatic rings. The van der Waals surface area contributed by atoms with Gasteiger partial charge in [0.2, 0.25) is 0 Å². The van der Waals surface area contributed by atoms with Crippen LogP contribution in [-0.2, 0) is 0 Å². The number of benzene rings is 1. The molecule has 1 aromatic rings. The van der Waals surface area contributed by atoms with Crippen molar-refractivity contribution in [2.45, 2.75) is 46.6 Å². The van der Waals surface area contributed by atoms with Crippen molar-refractivity contribution in [1.29, 1.82) is 0 Å². The number of nitrogens with one attached hydrogen (secondary N) is 1. The fourth-order valence-corrected chi connectivity index (χ4v) is 1.70. The molecule has 0 atom stereocenters. The highest BCUT2D eigenvalue weighted by Gasteiger charge is 2.19. The Bertz CT molecular complexity index is 358. The van der Waals surface area contributed by atoms with Crippen LogP contribution in [0.3, 0.4) is 0 Å². The molecular formula is C15H25NO. The third-order valence-electron chi connectivity index (χ3n) is 2.85. The minimum absolute atomic E-state index is 0.170. The van der Waals surface area contributed by atoms with Gasteiger partial charge in [-0.3, -0.25) is 0 Å². The number of aryl methyl sites for hydroxylation is 2. The first kappa shape index (κ1) is 14.0. The van der Waals surface area contributed by atoms with E-state index in [9.17, 15) is 0 Å². The van der Waals surface area contributed by atoms with E-state index in [0.29, 0.717) is 0 Å². The van der Waals surface area contributed by atoms with E-state index >= 15 is 0 Å². The van der Waals surface area contributed by atoms with Crippen LogP contribution in [0.25, 0.3) is 0 Å². The maximum atomic E-state index is 6.02. The molecular weight excluding hydrogens is 210 g/mol. The van der Waals surface area contributed by atoms with Crippen molar-refractivity contribution in [3.8, 4) is 5.75 Å². The average molecular weight is 235 g/mol. The van der Waals surface area contributed by atoms with Gasteiger partial charge in [0.05, 0.1) is 0 Å². The summed E-state index contributed by atoms with van der Waals surface area (Å²) in [4.78, 5) is 0. The van der Waals surface area contributed by atoms with Gasteiger partial charge in [0.1, 0.15) is 11.4 Å². The molecule has 0 saturated heterocycles. The molecule has 0 bridgehead atoms. The van der Waals surface area contributed by atoms with Crippen LogP contribution in [0.15, 0.2) is 18.2 Å². The average Bonchev–Trinajstić information content (AvgIpc) is 2.23. The molecule has 17 heavy (non-hydrogen) atoms. The van der Waals surface area contributed by atoms with E-state index in [2.05, 4.69) is 52.1 Å². The van der Waals surface area contributed by atoms with E-state index in [-0.39, 0.29) is 5.60 Å². The molecule has 0 heterocycles. The molecule has 0 fully saturated rings. The minimum Gasteiger partial charge on any atom is -0.487 e. The largest absolute Gasteiger partial charge is 0.487 e. The highest BCUT2D eigenvalue weighted by Crippen LogP contribution is 2.21. The maximum Gasteiger partial charge on any atom is 0.120 e. The Kier molecular flexibility index (Phi) is 5.01. The molecule has 96 valence electrons. The summed E-state index contributed by atoms with van der Waals surface area (Å²) in [6, 6.07) is 6.26. The first-order valence-electron chi connectivity index (χ1n) is 6.41. The van der Waals surface area contributed by atoms with Gasteiger partial charge in [-0.15, -0.1) is 0 Å². The molecule has 0 radical (unpaired) electrons. The van der Waals surface area contributed by atoms with Crippen molar-refractivity contribution in [2.75, 3.05) is 13.1 Å². The van der Waals surface area contributed by atoms with Gasteiger partial charge in [0, 0.05) is 6.54 Å². The number of ether oxygens (including phenoxy) is 1. The molecule has 0 amide bonds. The van der Waals surface area contributed by atoms with Gasteiger partial charge in [-0.25, -0.2) is 0 Å². The SMILES string of the molecule is CCCNCC(C)(C)Oc1ccc(C)c(C)c1. The molecule has 0 aromatic heterocycles. The summed E-state index contributed by atoms with van der Waals surface area (Å²) in [5.74, 6) is 0.955. The normalized spacial score (nSPS) is 11.6. The van der Waals surface area contributed by atoms with E-state index in [0.717, 1.165) is 25.3 Å². The van der Waals surface area contributed by atoms with Crippen LogP contribution in [-0.4, -0.2) is 18.7 Å². The Morgan fingerprint density at radius 2 is 1.88 bits per heavy atom. The molecule has 0 saturated carbocycles. The van der Waals surface area contributed by atoms with Crippen molar-refractivity contribution in [3.63, 3.8) is 0 Å². The lowest BCUT2D eigenvalue weighted by atomic mass is 10.1. The second-order valence-electron chi connectivity index (χ2n) is 5.28. The van der Waals surface area contributed by atoms with Crippen LogP contribution in [0.4, 0.5) is 0 Å². The molecule has 2 heteroatoms. The zero-order chi connectivity index (χ0) is 12.9. The van der Waals surface area contributed by atoms with Crippen molar-refractivity contribution in [2.24, 2.45) is 0 Å². The van der Waals surface area contributed by atoms with Crippen molar-refractivity contribution < 1.29 is 4.74 Å². The molecule has 1 N–H and O–H groups in total. The predicted molar refractivity (Wildman–Crippen MR) is 73.8 cm³/mol. The zero-order valence-electron chi connectivity index (χ0n) is 11.8. The quantitative estimate of drug-likeness (QED) is 0.762. The van der Waals surface area contributed by atoms with E-state index < -0.39 is 0 Å². The van der Waals surface area contributed by atoms with Gasteiger partial charge in [0.15, 0.2) is 0 Å². The molecule has 0 aliphatic heterocycles. The van der Waals surface area contributed by atoms with E-state index in [1.165, 1.54) is 11.1 Å². The second kappa shape index (κ2) is 6.06. The standard InChI is InChI=1S/C15H25NO/c1-6-9-16-11-15(4,5)17-14-8-7-12(2)13(3)10-14/h7-8,10,16H,6,9,11H2,1-5H3. The number of hydrogen-bond donors (Lipinski definition) is 1. The van der Waals surface area contributed by atoms with E-state index in [4.69, 9.17) is 4.74 Å². The number of rotatable bonds is 6. The lowest BCUT2D eigenvalue weighted by Gasteiger charge is -2.27. The Morgan fingerprint density at radius 1 is 1.18 bits per heavy atom. The Balaban J connectivity index is 2.59. The molecule has 0 aliphatic carbocycles. The third kappa shape index (κ3) is 4.78. The van der Waals surface area contributed by atoms with Crippen molar-refractivity contribution in [3.05, 3.63) is 29.3 Å². The van der Waals surface area contributed by atoms with Crippen molar-refractivity contribution >= 4 is 0 Å². The van der Waals surface area contributed by atoms with Crippen LogP contribution in [0.2, 0.25) is 0 Å². The van der Waals surface area contributed by atoms with Gasteiger partial charge >= 0.3 is 0 Å². The first-order valence-corrected chi connectivity index (χ1v) is 6.41. The molecule has 0 spiro atoms. The van der Waals surface area contributed by atoms with Gasteiger partial charge in [0.25, 0.3) is 0 Å². The summed E-state index contributed by atoms with van der Waals surface area (Å²) < 4.78 is 6.02. The van der Waals surface area contributed by atoms with Gasteiger partial charge in [-0.05, 0) is 63.9 Å². The van der Waals surface area contributed by atoms with E-state index in [1.54, 1.807) is 0 Å². The van der Waals surface area contributed by atoms with Crippen LogP contribution in [0, 0.1) is 13.8 Å². The zero-order valence-corrected chi connectivity index (χ0v) is 11.8. The highest BCUT2D eigenvalue weighted by molar-refractivity contribution is 5.34. The predicted octanol–water partition coefficient (Wildman–Crippen LogP) is 3.46. The summed E-state index contributed by atoms with van der Waals surface area (Å²) in [7, 11) is 0. The molecule has 0 unspecified atom stereocenters. The lowest BCUT2D eigenvalue weighted by molar-refractivity contribution is 0.108. The Labute approximate surface area is 105 Å². The van der Waals surface area contributed by atoms with E-state index in [1.807, 2.05) is 6.07 Å². The number of hydrogen-bond acceptors (Lipinski definition) is 2. The fourth-order valence-electron chi connectivity index (χ4n) is 1.70. The minimum atomic E-state index is -0.170. The smallest absolute Gasteiger partial charge is 0.120 e. The van der Waals surface area contributed by atoms with Gasteiger partial charge in [-0.2, -0.15) is 0 Å². The fraction of sp³-hybridized carbons (Fsp3) is 0.600. The lowest BCUT2D eigenvalue weighted by Crippen LogP contribution is -2.40. The van der Waals surface area contributed by atoms with Gasteiger partial charge in [-0.1, -0.05) is 13.0 Å². The van der Waals surface area contributed by atoms with Crippen molar-refractivity contribution in [1.82, 2.24) is 5.32 Å². The Morgan fingerprint density at radius 3 is 2.47 bits per heavy atom. The summed E-state index contributed by atoms with van der Waals surface area (Å²) >= 11 is 0. The molecule has 1 aromatic carbocycles. The molecule has 1 rings (SSSR count). The highest BCUT2D eigenvalue weighted by atomic mass is 16.5. The first-order chi connectivity index (χ1) is 7.94. The van der Waals surface area contributed by atoms with Crippen LogP contribution >= 0.6 is 0 Å². The van der Waals surface area contributed by atoms with Crippen LogP contribution < -0.4 is 10.1 Å². The second-order valence-corrected chi connectivity index (χ2v) is 5.28. The molecule has 2 nitrogen and oxygen atoms in total. The summed E-state index contributed by atoms with van der Waals surface area (Å²) in [5.41, 5.74) is 2.41. The summed E-state index contributed by atoms with van der Waals surface area (Å²) in [5, 5.41) is 3.40. The maximum absolute atomic E-state index is 6.02. The third-order valence-corrected chi connectivity index (χ3v) is 2.85. The topological polar surface area (TPSA) is 21.3 Å². The Hall–Kier alpha value is -1.02. The van der Waals surface area contributed by atoms with Crippen LogP contribution in [0.5, 0.6) is 5.75 Å². The van der Waals surface area contributed by atoms with Crippen LogP contribution in [0.1, 0.15) is 38.3 Å². The van der Waals surface area contributed by atoms with Gasteiger partial charge < -0.3 is 10.1 Å². The summed E-state index contributed by atoms with van der Waals surface area (Å²) in [6.45, 7) is 12.5.